The molecule has 0 atom stereocenters. The number of hydrogen-bond donors (Lipinski definition) is 0. The molecule has 0 nitrogen and oxygen atoms in total. The molecule has 0 N–H and O–H groups in total. The second kappa shape index (κ2) is 18.5. The third kappa shape index (κ3) is 8.06. The predicted octanol–water partition coefficient (Wildman–Crippen LogP) is 24.8. The molecule has 0 unspecified atom stereocenters. The summed E-state index contributed by atoms with van der Waals surface area (Å²) in [5.41, 5.74) is 22.3. The zero-order valence-corrected chi connectivity index (χ0v) is 59.5. The third-order valence-electron chi connectivity index (χ3n) is 31.9. The number of allylic oxidation sites excluding steroid dienone is 5. The number of hydrogen-bond acceptors (Lipinski definition) is 0. The van der Waals surface area contributed by atoms with Crippen LogP contribution in [0.2, 0.25) is 0 Å². The fourth-order valence-corrected chi connectivity index (χ4v) is 17.0. The van der Waals surface area contributed by atoms with E-state index in [1.165, 1.54) is 72.0 Å². The zero-order chi connectivity index (χ0) is 62.2. The number of rotatable bonds is 0. The second-order valence-corrected chi connectivity index (χ2v) is 35.3. The lowest BCUT2D eigenvalue weighted by Gasteiger charge is -2.47. The highest BCUT2D eigenvalue weighted by Gasteiger charge is 2.72. The SMILES string of the molecule is C=C1C(=C)c2c(C)c(C)c(C)c3c(C)c(C)c(C)c1c23.C=C1C(C)(C)C(C)(C)C(C)(C)C1(C)C.C=C1C(C)(C)C(C)(C)C(C)(C)C1(C)C.C=C1C(C)(C)C(C)(C)C(C)(C)C1(C)C.CC1(C)C(C)(C)C(C)(C)C(C)(C)C1(C)C. The van der Waals surface area contributed by atoms with E-state index >= 15 is 0 Å². The molecule has 77 heavy (non-hydrogen) atoms. The van der Waals surface area contributed by atoms with Crippen LogP contribution >= 0.6 is 0 Å². The van der Waals surface area contributed by atoms with Crippen LogP contribution in [0.15, 0.2) is 49.6 Å². The zero-order valence-electron chi connectivity index (χ0n) is 59.5. The summed E-state index contributed by atoms with van der Waals surface area (Å²) >= 11 is 0. The molecule has 4 fully saturated rings. The quantitative estimate of drug-likeness (QED) is 0.231. The van der Waals surface area contributed by atoms with Crippen molar-refractivity contribution in [2.45, 2.75) is 277 Å². The molecule has 5 aliphatic carbocycles. The number of benzene rings is 2. The molecule has 438 valence electrons. The highest BCUT2D eigenvalue weighted by molar-refractivity contribution is 6.24. The van der Waals surface area contributed by atoms with E-state index in [4.69, 9.17) is 0 Å². The molecule has 2 aromatic rings. The summed E-state index contributed by atoms with van der Waals surface area (Å²) in [6.45, 7) is 116. The first-order valence-electron chi connectivity index (χ1n) is 30.3. The van der Waals surface area contributed by atoms with Crippen molar-refractivity contribution >= 4 is 21.9 Å². The minimum absolute atomic E-state index is 0.222. The summed E-state index contributed by atoms with van der Waals surface area (Å²) < 4.78 is 0. The normalized spacial score (nSPS) is 27.6. The van der Waals surface area contributed by atoms with Crippen LogP contribution in [0.4, 0.5) is 0 Å². The maximum atomic E-state index is 4.35. The summed E-state index contributed by atoms with van der Waals surface area (Å²) in [5, 5.41) is 2.81. The first-order valence-corrected chi connectivity index (χ1v) is 30.3. The topological polar surface area (TPSA) is 0 Å². The van der Waals surface area contributed by atoms with Crippen molar-refractivity contribution in [1.82, 2.24) is 0 Å². The lowest BCUT2D eigenvalue weighted by atomic mass is 9.57. The molecular weight excluding hydrogens is 925 g/mol. The molecule has 0 spiro atoms. The Morgan fingerprint density at radius 3 is 0.442 bits per heavy atom. The van der Waals surface area contributed by atoms with E-state index in [9.17, 15) is 0 Å². The molecule has 2 aromatic carbocycles. The van der Waals surface area contributed by atoms with Gasteiger partial charge in [-0.25, -0.2) is 0 Å². The van der Waals surface area contributed by atoms with Crippen LogP contribution in [0.25, 0.3) is 21.9 Å². The summed E-state index contributed by atoms with van der Waals surface area (Å²) in [4.78, 5) is 0. The Labute approximate surface area is 482 Å². The Morgan fingerprint density at radius 2 is 0.325 bits per heavy atom. The van der Waals surface area contributed by atoms with Gasteiger partial charge in [-0.2, -0.15) is 0 Å². The van der Waals surface area contributed by atoms with Gasteiger partial charge in [0, 0.05) is 0 Å². The Morgan fingerprint density at radius 1 is 0.182 bits per heavy atom. The largest absolute Gasteiger partial charge is 0.0987 e. The fourth-order valence-electron chi connectivity index (χ4n) is 17.0. The Kier molecular flexibility index (Phi) is 16.5. The van der Waals surface area contributed by atoms with E-state index in [2.05, 4.69) is 310 Å². The van der Waals surface area contributed by atoms with Crippen molar-refractivity contribution in [3.63, 3.8) is 0 Å². The third-order valence-corrected chi connectivity index (χ3v) is 31.9. The summed E-state index contributed by atoms with van der Waals surface area (Å²) in [6.07, 6.45) is 0. The van der Waals surface area contributed by atoms with Crippen molar-refractivity contribution in [2.75, 3.05) is 0 Å². The molecule has 0 saturated heterocycles. The molecule has 0 heterocycles. The minimum atomic E-state index is 0.222. The molecule has 5 aliphatic rings. The standard InChI is InChI=1S/C20H22.C15H30.3C14H26/c1-9-11(3)17-12(4)10(2)14(6)19-16(8)15(7)18(13(9)5)20(17)19;1-11(2)12(3,4)14(7,8)15(9,10)13(11,5)6;3*1-10-11(2,3)13(6,7)14(8,9)12(10,4)5/h7-8H2,1-6H3;1-10H3;3*1H2,2-9H3. The van der Waals surface area contributed by atoms with E-state index < -0.39 is 0 Å². The van der Waals surface area contributed by atoms with Gasteiger partial charge in [-0.15, -0.1) is 0 Å². The molecule has 0 heteroatoms. The van der Waals surface area contributed by atoms with E-state index in [-0.39, 0.29) is 32.5 Å². The van der Waals surface area contributed by atoms with Crippen molar-refractivity contribution in [2.24, 2.45) is 92.1 Å². The molecular formula is C77H130. The van der Waals surface area contributed by atoms with Crippen molar-refractivity contribution in [3.8, 4) is 0 Å². The second-order valence-electron chi connectivity index (χ2n) is 35.3. The summed E-state index contributed by atoms with van der Waals surface area (Å²) in [6, 6.07) is 0. The summed E-state index contributed by atoms with van der Waals surface area (Å²) in [7, 11) is 0. The van der Waals surface area contributed by atoms with E-state index in [1.807, 2.05) is 0 Å². The maximum absolute atomic E-state index is 4.35. The number of aryl methyl sites for hydroxylation is 2. The lowest BCUT2D eigenvalue weighted by Crippen LogP contribution is -2.40. The monoisotopic (exact) mass is 1060 g/mol. The van der Waals surface area contributed by atoms with E-state index in [0.717, 1.165) is 11.1 Å². The summed E-state index contributed by atoms with van der Waals surface area (Å²) in [5.74, 6) is 0. The maximum Gasteiger partial charge on any atom is -0.00158 e. The minimum Gasteiger partial charge on any atom is -0.0987 e. The molecule has 0 radical (unpaired) electrons. The first kappa shape index (κ1) is 68.7. The molecule has 7 rings (SSSR count). The Balaban J connectivity index is 0.000000256. The van der Waals surface area contributed by atoms with Crippen LogP contribution < -0.4 is 0 Å². The average Bonchev–Trinajstić information content (AvgIpc) is 3.63. The van der Waals surface area contributed by atoms with Crippen LogP contribution in [-0.2, 0) is 0 Å². The fraction of sp³-hybridized carbons (Fsp3) is 0.740. The van der Waals surface area contributed by atoms with Gasteiger partial charge in [0.1, 0.15) is 0 Å². The Hall–Kier alpha value is -2.60. The molecule has 0 aliphatic heterocycles. The molecule has 0 bridgehead atoms. The van der Waals surface area contributed by atoms with Crippen LogP contribution in [0, 0.1) is 134 Å². The van der Waals surface area contributed by atoms with Gasteiger partial charge in [-0.1, -0.05) is 285 Å². The van der Waals surface area contributed by atoms with Crippen molar-refractivity contribution in [3.05, 3.63) is 94.1 Å². The van der Waals surface area contributed by atoms with Crippen molar-refractivity contribution < 1.29 is 0 Å². The van der Waals surface area contributed by atoms with Crippen LogP contribution in [0.1, 0.15) is 280 Å². The van der Waals surface area contributed by atoms with Gasteiger partial charge in [0.25, 0.3) is 0 Å². The first-order chi connectivity index (χ1) is 33.2. The molecule has 0 aromatic heterocycles. The average molecular weight is 1060 g/mol. The van der Waals surface area contributed by atoms with E-state index in [1.54, 1.807) is 0 Å². The molecule has 0 amide bonds. The predicted molar refractivity (Wildman–Crippen MR) is 352 cm³/mol. The molecule has 4 saturated carbocycles. The Bertz CT molecular complexity index is 2390. The van der Waals surface area contributed by atoms with Crippen LogP contribution in [0.5, 0.6) is 0 Å². The van der Waals surface area contributed by atoms with Gasteiger partial charge in [0.2, 0.25) is 0 Å². The van der Waals surface area contributed by atoms with Gasteiger partial charge in [0.05, 0.1) is 0 Å². The smallest absolute Gasteiger partial charge is 0.00158 e. The lowest BCUT2D eigenvalue weighted by molar-refractivity contribution is 0.0135. The van der Waals surface area contributed by atoms with Crippen LogP contribution in [0.3, 0.4) is 0 Å². The van der Waals surface area contributed by atoms with Gasteiger partial charge < -0.3 is 0 Å². The highest BCUT2D eigenvalue weighted by atomic mass is 14.8. The highest BCUT2D eigenvalue weighted by Crippen LogP contribution is 2.78. The van der Waals surface area contributed by atoms with Gasteiger partial charge in [-0.05, 0) is 200 Å². The van der Waals surface area contributed by atoms with Gasteiger partial charge in [0.15, 0.2) is 0 Å². The van der Waals surface area contributed by atoms with E-state index in [0.29, 0.717) is 59.6 Å². The van der Waals surface area contributed by atoms with Gasteiger partial charge >= 0.3 is 0 Å². The van der Waals surface area contributed by atoms with Crippen molar-refractivity contribution in [1.29, 1.82) is 0 Å². The van der Waals surface area contributed by atoms with Gasteiger partial charge in [-0.3, -0.25) is 0 Å². The van der Waals surface area contributed by atoms with Crippen LogP contribution in [-0.4, -0.2) is 0 Å².